The van der Waals surface area contributed by atoms with Gasteiger partial charge in [-0.1, -0.05) is 6.07 Å². The number of hydrogen-bond acceptors (Lipinski definition) is 4. The van der Waals surface area contributed by atoms with Crippen molar-refractivity contribution in [1.29, 1.82) is 0 Å². The molecule has 0 unspecified atom stereocenters. The first-order valence-electron chi connectivity index (χ1n) is 6.07. The molecule has 0 spiro atoms. The van der Waals surface area contributed by atoms with Crippen molar-refractivity contribution in [2.75, 3.05) is 12.8 Å². The standard InChI is InChI=1S/C14H17N3O2/c1-9(2)17-11(7-8-16-17)14(18)10-5-4-6-12(19-3)13(10)15/h4-9H,15H2,1-3H3. The van der Waals surface area contributed by atoms with Crippen molar-refractivity contribution in [3.05, 3.63) is 41.7 Å². The molecule has 0 aliphatic rings. The fraction of sp³-hybridized carbons (Fsp3) is 0.286. The van der Waals surface area contributed by atoms with Gasteiger partial charge in [-0.05, 0) is 32.0 Å². The predicted molar refractivity (Wildman–Crippen MR) is 73.5 cm³/mol. The third kappa shape index (κ3) is 2.31. The topological polar surface area (TPSA) is 70.1 Å². The number of anilines is 1. The van der Waals surface area contributed by atoms with E-state index in [1.54, 1.807) is 35.1 Å². The third-order valence-corrected chi connectivity index (χ3v) is 2.92. The Bertz CT molecular complexity index is 602. The smallest absolute Gasteiger partial charge is 0.213 e. The number of para-hydroxylation sites is 1. The SMILES string of the molecule is COc1cccc(C(=O)c2ccnn2C(C)C)c1N. The van der Waals surface area contributed by atoms with E-state index >= 15 is 0 Å². The van der Waals surface area contributed by atoms with E-state index in [4.69, 9.17) is 10.5 Å². The summed E-state index contributed by atoms with van der Waals surface area (Å²) in [4.78, 5) is 12.5. The second-order valence-corrected chi connectivity index (χ2v) is 4.51. The summed E-state index contributed by atoms with van der Waals surface area (Å²) in [5.41, 5.74) is 7.26. The fourth-order valence-corrected chi connectivity index (χ4v) is 1.96. The van der Waals surface area contributed by atoms with Crippen LogP contribution in [-0.4, -0.2) is 22.7 Å². The van der Waals surface area contributed by atoms with Crippen molar-refractivity contribution in [2.45, 2.75) is 19.9 Å². The predicted octanol–water partition coefficient (Wildman–Crippen LogP) is 2.29. The summed E-state index contributed by atoms with van der Waals surface area (Å²) < 4.78 is 6.81. The molecule has 19 heavy (non-hydrogen) atoms. The lowest BCUT2D eigenvalue weighted by Gasteiger charge is -2.12. The lowest BCUT2D eigenvalue weighted by molar-refractivity contribution is 0.102. The summed E-state index contributed by atoms with van der Waals surface area (Å²) in [6, 6.07) is 6.98. The highest BCUT2D eigenvalue weighted by Gasteiger charge is 2.19. The van der Waals surface area contributed by atoms with Crippen LogP contribution in [0.3, 0.4) is 0 Å². The fourth-order valence-electron chi connectivity index (χ4n) is 1.96. The van der Waals surface area contributed by atoms with Crippen LogP contribution in [0.15, 0.2) is 30.5 Å². The van der Waals surface area contributed by atoms with Crippen molar-refractivity contribution in [1.82, 2.24) is 9.78 Å². The Balaban J connectivity index is 2.48. The summed E-state index contributed by atoms with van der Waals surface area (Å²) in [5, 5.41) is 4.16. The summed E-state index contributed by atoms with van der Waals surface area (Å²) in [7, 11) is 1.53. The van der Waals surface area contributed by atoms with E-state index in [9.17, 15) is 4.79 Å². The van der Waals surface area contributed by atoms with E-state index in [0.29, 0.717) is 22.7 Å². The average molecular weight is 259 g/mol. The zero-order valence-corrected chi connectivity index (χ0v) is 11.3. The van der Waals surface area contributed by atoms with Crippen molar-refractivity contribution < 1.29 is 9.53 Å². The minimum absolute atomic E-state index is 0.112. The van der Waals surface area contributed by atoms with Gasteiger partial charge in [-0.15, -0.1) is 0 Å². The molecule has 0 saturated heterocycles. The second-order valence-electron chi connectivity index (χ2n) is 4.51. The molecule has 0 bridgehead atoms. The number of carbonyl (C=O) groups excluding carboxylic acids is 1. The van der Waals surface area contributed by atoms with E-state index in [0.717, 1.165) is 0 Å². The Morgan fingerprint density at radius 3 is 2.74 bits per heavy atom. The Morgan fingerprint density at radius 1 is 1.37 bits per heavy atom. The Hall–Kier alpha value is -2.30. The zero-order chi connectivity index (χ0) is 14.0. The van der Waals surface area contributed by atoms with Gasteiger partial charge in [-0.2, -0.15) is 5.10 Å². The Morgan fingerprint density at radius 2 is 2.11 bits per heavy atom. The first-order valence-corrected chi connectivity index (χ1v) is 6.07. The lowest BCUT2D eigenvalue weighted by Crippen LogP contribution is -2.14. The molecule has 0 aliphatic heterocycles. The molecule has 2 aromatic rings. The monoisotopic (exact) mass is 259 g/mol. The molecule has 100 valence electrons. The maximum Gasteiger partial charge on any atom is 0.213 e. The average Bonchev–Trinajstić information content (AvgIpc) is 2.87. The number of carbonyl (C=O) groups is 1. The maximum absolute atomic E-state index is 12.5. The largest absolute Gasteiger partial charge is 0.495 e. The number of ketones is 1. The molecule has 5 heteroatoms. The van der Waals surface area contributed by atoms with E-state index in [-0.39, 0.29) is 11.8 Å². The number of nitrogens with two attached hydrogens (primary N) is 1. The van der Waals surface area contributed by atoms with Crippen LogP contribution in [0, 0.1) is 0 Å². The molecule has 5 nitrogen and oxygen atoms in total. The van der Waals surface area contributed by atoms with Gasteiger partial charge in [0, 0.05) is 12.2 Å². The van der Waals surface area contributed by atoms with Crippen LogP contribution >= 0.6 is 0 Å². The number of aromatic nitrogens is 2. The Kier molecular flexibility index (Phi) is 3.55. The molecule has 2 rings (SSSR count). The van der Waals surface area contributed by atoms with Gasteiger partial charge in [0.05, 0.1) is 18.4 Å². The maximum atomic E-state index is 12.5. The molecule has 1 heterocycles. The van der Waals surface area contributed by atoms with E-state index in [1.807, 2.05) is 13.8 Å². The van der Waals surface area contributed by atoms with Crippen LogP contribution in [0.1, 0.15) is 35.9 Å². The Labute approximate surface area is 112 Å². The van der Waals surface area contributed by atoms with Crippen molar-refractivity contribution in [2.24, 2.45) is 0 Å². The number of nitrogens with zero attached hydrogens (tertiary/aromatic N) is 2. The second kappa shape index (κ2) is 5.14. The number of rotatable bonds is 4. The summed E-state index contributed by atoms with van der Waals surface area (Å²) in [5.74, 6) is 0.351. The van der Waals surface area contributed by atoms with Crippen LogP contribution in [0.25, 0.3) is 0 Å². The van der Waals surface area contributed by atoms with Crippen LogP contribution in [0.4, 0.5) is 5.69 Å². The normalized spacial score (nSPS) is 10.7. The van der Waals surface area contributed by atoms with Gasteiger partial charge in [-0.3, -0.25) is 9.48 Å². The highest BCUT2D eigenvalue weighted by molar-refractivity contribution is 6.11. The molecule has 0 atom stereocenters. The highest BCUT2D eigenvalue weighted by Crippen LogP contribution is 2.27. The molecule has 0 fully saturated rings. The van der Waals surface area contributed by atoms with E-state index in [2.05, 4.69) is 5.10 Å². The number of benzene rings is 1. The quantitative estimate of drug-likeness (QED) is 0.675. The summed E-state index contributed by atoms with van der Waals surface area (Å²) in [6.45, 7) is 3.94. The van der Waals surface area contributed by atoms with Crippen molar-refractivity contribution in [3.8, 4) is 5.75 Å². The number of methoxy groups -OCH3 is 1. The molecule has 0 amide bonds. The number of hydrogen-bond donors (Lipinski definition) is 1. The number of ether oxygens (including phenoxy) is 1. The van der Waals surface area contributed by atoms with Crippen LogP contribution in [0.2, 0.25) is 0 Å². The van der Waals surface area contributed by atoms with E-state index in [1.165, 1.54) is 7.11 Å². The zero-order valence-electron chi connectivity index (χ0n) is 11.3. The summed E-state index contributed by atoms with van der Waals surface area (Å²) in [6.07, 6.45) is 1.61. The molecule has 0 saturated carbocycles. The van der Waals surface area contributed by atoms with Crippen molar-refractivity contribution >= 4 is 11.5 Å². The summed E-state index contributed by atoms with van der Waals surface area (Å²) >= 11 is 0. The van der Waals surface area contributed by atoms with Crippen LogP contribution in [-0.2, 0) is 0 Å². The molecule has 0 radical (unpaired) electrons. The van der Waals surface area contributed by atoms with Gasteiger partial charge in [0.25, 0.3) is 0 Å². The van der Waals surface area contributed by atoms with Gasteiger partial charge in [0.1, 0.15) is 11.4 Å². The minimum atomic E-state index is -0.150. The van der Waals surface area contributed by atoms with Crippen molar-refractivity contribution in [3.63, 3.8) is 0 Å². The van der Waals surface area contributed by atoms with Gasteiger partial charge in [-0.25, -0.2) is 0 Å². The van der Waals surface area contributed by atoms with Crippen LogP contribution < -0.4 is 10.5 Å². The van der Waals surface area contributed by atoms with E-state index < -0.39 is 0 Å². The van der Waals surface area contributed by atoms with Gasteiger partial charge >= 0.3 is 0 Å². The molecule has 0 aliphatic carbocycles. The molecular weight excluding hydrogens is 242 g/mol. The third-order valence-electron chi connectivity index (χ3n) is 2.92. The molecule has 2 N–H and O–H groups in total. The highest BCUT2D eigenvalue weighted by atomic mass is 16.5. The number of nitrogen functional groups attached to an aromatic ring is 1. The van der Waals surface area contributed by atoms with Gasteiger partial charge in [0.15, 0.2) is 0 Å². The molecule has 1 aromatic heterocycles. The van der Waals surface area contributed by atoms with Crippen LogP contribution in [0.5, 0.6) is 5.75 Å². The first-order chi connectivity index (χ1) is 9.06. The van der Waals surface area contributed by atoms with Gasteiger partial charge < -0.3 is 10.5 Å². The minimum Gasteiger partial charge on any atom is -0.495 e. The lowest BCUT2D eigenvalue weighted by atomic mass is 10.1. The molecule has 1 aromatic carbocycles. The first kappa shape index (κ1) is 13.1. The molecular formula is C14H17N3O2. The van der Waals surface area contributed by atoms with Gasteiger partial charge in [0.2, 0.25) is 5.78 Å².